The Balaban J connectivity index is 1.21. The maximum Gasteiger partial charge on any atom is 0.129 e. The highest BCUT2D eigenvalue weighted by Crippen LogP contribution is 2.39. The van der Waals surface area contributed by atoms with E-state index in [4.69, 9.17) is 9.73 Å². The highest BCUT2D eigenvalue weighted by atomic mass is 16.5. The molecule has 1 heterocycles. The Morgan fingerprint density at radius 2 is 1.36 bits per heavy atom. The van der Waals surface area contributed by atoms with Gasteiger partial charge in [-0.05, 0) is 93.4 Å². The van der Waals surface area contributed by atoms with E-state index < -0.39 is 0 Å². The number of hydrogen-bond donors (Lipinski definition) is 2. The van der Waals surface area contributed by atoms with E-state index in [2.05, 4.69) is 158 Å². The largest absolute Gasteiger partial charge is 0.457 e. The van der Waals surface area contributed by atoms with Gasteiger partial charge in [-0.3, -0.25) is 4.57 Å². The zero-order valence-electron chi connectivity index (χ0n) is 32.4. The summed E-state index contributed by atoms with van der Waals surface area (Å²) in [5.74, 6) is 2.33. The molecule has 1 aromatic heterocycles. The second kappa shape index (κ2) is 16.9. The van der Waals surface area contributed by atoms with Crippen LogP contribution in [0.15, 0.2) is 188 Å². The fourth-order valence-electron chi connectivity index (χ4n) is 7.07. The number of para-hydroxylation sites is 4. The molecule has 56 heavy (non-hydrogen) atoms. The number of nitrogens with one attached hydrogen (secondary N) is 2. The van der Waals surface area contributed by atoms with E-state index in [1.807, 2.05) is 61.5 Å². The minimum absolute atomic E-state index is 0.717. The zero-order chi connectivity index (χ0) is 39.0. The number of aliphatic imine (C=N–C) groups is 1. The molecule has 0 aliphatic carbocycles. The van der Waals surface area contributed by atoms with Gasteiger partial charge in [-0.2, -0.15) is 0 Å². The highest BCUT2D eigenvalue weighted by Gasteiger charge is 2.16. The number of allylic oxidation sites excluding steroid dienone is 8. The second-order valence-corrected chi connectivity index (χ2v) is 13.5. The molecule has 0 saturated heterocycles. The van der Waals surface area contributed by atoms with Crippen molar-refractivity contribution >= 4 is 67.2 Å². The molecular formula is C51H46N4O. The first-order valence-corrected chi connectivity index (χ1v) is 18.8. The third-order valence-electron chi connectivity index (χ3n) is 9.69. The summed E-state index contributed by atoms with van der Waals surface area (Å²) in [4.78, 5) is 5.00. The number of anilines is 4. The van der Waals surface area contributed by atoms with Crippen LogP contribution in [0.3, 0.4) is 0 Å². The van der Waals surface area contributed by atoms with Crippen molar-refractivity contribution in [2.45, 2.75) is 27.7 Å². The third-order valence-corrected chi connectivity index (χ3v) is 9.69. The molecule has 0 unspecified atom stereocenters. The van der Waals surface area contributed by atoms with Crippen molar-refractivity contribution in [1.29, 1.82) is 0 Å². The van der Waals surface area contributed by atoms with Crippen LogP contribution < -0.4 is 15.4 Å². The van der Waals surface area contributed by atoms with E-state index in [1.54, 1.807) is 6.08 Å². The lowest BCUT2D eigenvalue weighted by atomic mass is 9.94. The second-order valence-electron chi connectivity index (χ2n) is 13.5. The van der Waals surface area contributed by atoms with Gasteiger partial charge in [0, 0.05) is 39.7 Å². The Hall–Kier alpha value is -7.11. The third kappa shape index (κ3) is 7.89. The van der Waals surface area contributed by atoms with Crippen LogP contribution in [-0.4, -0.2) is 10.4 Å². The molecule has 7 rings (SSSR count). The molecule has 276 valence electrons. The van der Waals surface area contributed by atoms with Crippen molar-refractivity contribution in [2.75, 3.05) is 10.6 Å². The van der Waals surface area contributed by atoms with Crippen molar-refractivity contribution in [3.63, 3.8) is 0 Å². The van der Waals surface area contributed by atoms with E-state index in [0.29, 0.717) is 0 Å². The van der Waals surface area contributed by atoms with Gasteiger partial charge in [0.25, 0.3) is 0 Å². The molecule has 0 spiro atoms. The first kappa shape index (κ1) is 37.2. The Kier molecular flexibility index (Phi) is 11.2. The first-order chi connectivity index (χ1) is 27.4. The van der Waals surface area contributed by atoms with Gasteiger partial charge in [0.2, 0.25) is 0 Å². The minimum Gasteiger partial charge on any atom is -0.457 e. The quantitative estimate of drug-likeness (QED) is 0.0748. The Bertz CT molecular complexity index is 2690. The Labute approximate surface area is 330 Å². The normalized spacial score (nSPS) is 12.3. The Morgan fingerprint density at radius 1 is 0.679 bits per heavy atom. The standard InChI is InChI=1S/C51H46N4O/c1-7-17-37(9-3)43-22-16-23-44(38(10-4)18-8-2)51(43)54-48-25-13-12-24-47(48)53-40-19-15-20-41(33-40)56-42-31-32-46-45-21-11-14-26-49(45)55(50(46)34-42)36(6)52-39-29-27-35(5)28-30-39/h7-34,53-54H,1,3H2,2,4-6H3/b18-8-,37-17+,38-10+,52-36+. The summed E-state index contributed by atoms with van der Waals surface area (Å²) >= 11 is 0. The molecule has 0 fully saturated rings. The van der Waals surface area contributed by atoms with Crippen molar-refractivity contribution in [3.8, 4) is 11.5 Å². The van der Waals surface area contributed by atoms with E-state index in [9.17, 15) is 0 Å². The fourth-order valence-corrected chi connectivity index (χ4v) is 7.07. The fraction of sp³-hybridized carbons (Fsp3) is 0.0784. The van der Waals surface area contributed by atoms with Crippen LogP contribution in [0, 0.1) is 6.92 Å². The number of aryl methyl sites for hydroxylation is 1. The van der Waals surface area contributed by atoms with E-state index in [1.165, 1.54) is 10.9 Å². The van der Waals surface area contributed by atoms with Crippen LogP contribution in [0.1, 0.15) is 37.5 Å². The molecule has 7 aromatic rings. The van der Waals surface area contributed by atoms with Gasteiger partial charge in [-0.1, -0.05) is 122 Å². The maximum atomic E-state index is 6.56. The monoisotopic (exact) mass is 730 g/mol. The molecular weight excluding hydrogens is 685 g/mol. The highest BCUT2D eigenvalue weighted by molar-refractivity contribution is 6.14. The lowest BCUT2D eigenvalue weighted by Gasteiger charge is -2.21. The molecule has 2 N–H and O–H groups in total. The summed E-state index contributed by atoms with van der Waals surface area (Å²) in [6.07, 6.45) is 12.0. The molecule has 0 aliphatic heterocycles. The number of nitrogens with zero attached hydrogens (tertiary/aromatic N) is 2. The molecule has 5 nitrogen and oxygen atoms in total. The van der Waals surface area contributed by atoms with Crippen LogP contribution in [0.4, 0.5) is 28.4 Å². The molecule has 0 saturated carbocycles. The van der Waals surface area contributed by atoms with Gasteiger partial charge < -0.3 is 15.4 Å². The van der Waals surface area contributed by atoms with Crippen LogP contribution in [-0.2, 0) is 0 Å². The summed E-state index contributed by atoms with van der Waals surface area (Å²) < 4.78 is 8.78. The van der Waals surface area contributed by atoms with Crippen LogP contribution in [0.5, 0.6) is 11.5 Å². The van der Waals surface area contributed by atoms with Crippen molar-refractivity contribution in [1.82, 2.24) is 4.57 Å². The van der Waals surface area contributed by atoms with Crippen LogP contribution in [0.25, 0.3) is 33.0 Å². The number of fused-ring (bicyclic) bond motifs is 3. The first-order valence-electron chi connectivity index (χ1n) is 18.8. The van der Waals surface area contributed by atoms with Crippen LogP contribution >= 0.6 is 0 Å². The van der Waals surface area contributed by atoms with Gasteiger partial charge in [-0.25, -0.2) is 4.99 Å². The molecule has 0 radical (unpaired) electrons. The van der Waals surface area contributed by atoms with Gasteiger partial charge in [0.05, 0.1) is 33.8 Å². The number of rotatable bonds is 12. The molecule has 0 aliphatic rings. The zero-order valence-corrected chi connectivity index (χ0v) is 32.4. The summed E-state index contributed by atoms with van der Waals surface area (Å²) in [7, 11) is 0. The van der Waals surface area contributed by atoms with Gasteiger partial charge in [0.1, 0.15) is 17.3 Å². The van der Waals surface area contributed by atoms with Crippen molar-refractivity contribution in [3.05, 3.63) is 200 Å². The summed E-state index contributed by atoms with van der Waals surface area (Å²) in [5, 5.41) is 9.75. The molecule has 0 bridgehead atoms. The van der Waals surface area contributed by atoms with E-state index in [-0.39, 0.29) is 0 Å². The smallest absolute Gasteiger partial charge is 0.129 e. The number of hydrogen-bond acceptors (Lipinski definition) is 4. The van der Waals surface area contributed by atoms with E-state index in [0.717, 1.165) is 84.5 Å². The summed E-state index contributed by atoms with van der Waals surface area (Å²) in [6.45, 7) is 16.3. The van der Waals surface area contributed by atoms with Gasteiger partial charge in [-0.15, -0.1) is 0 Å². The van der Waals surface area contributed by atoms with Gasteiger partial charge in [0.15, 0.2) is 0 Å². The van der Waals surface area contributed by atoms with E-state index >= 15 is 0 Å². The molecule has 5 heteroatoms. The summed E-state index contributed by atoms with van der Waals surface area (Å²) in [5.41, 5.74) is 12.2. The minimum atomic E-state index is 0.717. The van der Waals surface area contributed by atoms with Crippen molar-refractivity contribution in [2.24, 2.45) is 4.99 Å². The molecule has 0 amide bonds. The van der Waals surface area contributed by atoms with Crippen LogP contribution in [0.2, 0.25) is 0 Å². The number of aromatic nitrogens is 1. The molecule has 6 aromatic carbocycles. The Morgan fingerprint density at radius 3 is 2.09 bits per heavy atom. The topological polar surface area (TPSA) is 50.6 Å². The predicted molar refractivity (Wildman–Crippen MR) is 242 cm³/mol. The SMILES string of the molecule is C=C/C=C(\C=C)c1cccc(C(/C=C\C)=C/C)c1Nc1ccccc1Nc1cccc(Oc2ccc3c4ccccc4n(/C(C)=N/c4ccc(C)cc4)c3c2)c1. The lowest BCUT2D eigenvalue weighted by Crippen LogP contribution is -2.06. The maximum absolute atomic E-state index is 6.56. The predicted octanol–water partition coefficient (Wildman–Crippen LogP) is 14.7. The average molecular weight is 731 g/mol. The summed E-state index contributed by atoms with van der Waals surface area (Å²) in [6, 6.07) is 45.6. The molecule has 0 atom stereocenters. The number of benzene rings is 6. The van der Waals surface area contributed by atoms with Gasteiger partial charge >= 0.3 is 0 Å². The lowest BCUT2D eigenvalue weighted by molar-refractivity contribution is 0.483. The average Bonchev–Trinajstić information content (AvgIpc) is 3.54. The number of ether oxygens (including phenoxy) is 1. The van der Waals surface area contributed by atoms with Crippen molar-refractivity contribution < 1.29 is 4.74 Å².